The third kappa shape index (κ3) is 3.71. The van der Waals surface area contributed by atoms with E-state index in [0.29, 0.717) is 38.1 Å². The van der Waals surface area contributed by atoms with E-state index < -0.39 is 0 Å². The second kappa shape index (κ2) is 7.25. The molecule has 1 amide bonds. The molecule has 4 aromatic rings. The van der Waals surface area contributed by atoms with Gasteiger partial charge in [0.05, 0.1) is 12.2 Å². The van der Waals surface area contributed by atoms with Gasteiger partial charge in [-0.25, -0.2) is 9.97 Å². The zero-order chi connectivity index (χ0) is 18.8. The minimum atomic E-state index is -0.276. The number of thiazole rings is 1. The van der Waals surface area contributed by atoms with Crippen molar-refractivity contribution in [3.8, 4) is 22.2 Å². The highest BCUT2D eigenvalue weighted by molar-refractivity contribution is 7.17. The minimum Gasteiger partial charge on any atom is -0.342 e. The SMILES string of the molecule is Cc1nc(-c2ncn[nH]2)sc1C(=O)NCc1nc(-c2ccc(Cl)cc2)no1. The Labute approximate surface area is 161 Å². The molecule has 1 aromatic carbocycles. The quantitative estimate of drug-likeness (QED) is 0.527. The highest BCUT2D eigenvalue weighted by Gasteiger charge is 2.18. The van der Waals surface area contributed by atoms with Crippen molar-refractivity contribution < 1.29 is 9.32 Å². The number of aryl methyl sites for hydroxylation is 1. The lowest BCUT2D eigenvalue weighted by molar-refractivity contribution is 0.0949. The Morgan fingerprint density at radius 2 is 2.11 bits per heavy atom. The molecule has 3 heterocycles. The number of H-pyrrole nitrogens is 1. The van der Waals surface area contributed by atoms with Crippen molar-refractivity contribution in [2.75, 3.05) is 0 Å². The molecule has 0 radical (unpaired) electrons. The van der Waals surface area contributed by atoms with Gasteiger partial charge in [0.2, 0.25) is 11.7 Å². The van der Waals surface area contributed by atoms with Gasteiger partial charge in [0.25, 0.3) is 5.91 Å². The van der Waals surface area contributed by atoms with Gasteiger partial charge in [0.15, 0.2) is 10.8 Å². The molecule has 0 spiro atoms. The average Bonchev–Trinajstić information content (AvgIpc) is 3.41. The van der Waals surface area contributed by atoms with Crippen molar-refractivity contribution in [1.29, 1.82) is 0 Å². The predicted molar refractivity (Wildman–Crippen MR) is 98.1 cm³/mol. The molecular formula is C16H12ClN7O2S. The zero-order valence-electron chi connectivity index (χ0n) is 13.9. The summed E-state index contributed by atoms with van der Waals surface area (Å²) in [5.41, 5.74) is 1.38. The van der Waals surface area contributed by atoms with Gasteiger partial charge in [0.1, 0.15) is 11.2 Å². The van der Waals surface area contributed by atoms with E-state index >= 15 is 0 Å². The van der Waals surface area contributed by atoms with Crippen LogP contribution < -0.4 is 5.32 Å². The molecule has 3 aromatic heterocycles. The molecule has 11 heteroatoms. The fourth-order valence-corrected chi connectivity index (χ4v) is 3.35. The first-order valence-corrected chi connectivity index (χ1v) is 8.99. The van der Waals surface area contributed by atoms with Crippen LogP contribution in [0.4, 0.5) is 0 Å². The monoisotopic (exact) mass is 401 g/mol. The minimum absolute atomic E-state index is 0.106. The molecule has 0 aliphatic carbocycles. The number of halogens is 1. The first kappa shape index (κ1) is 17.3. The maximum Gasteiger partial charge on any atom is 0.263 e. The number of carbonyl (C=O) groups is 1. The fourth-order valence-electron chi connectivity index (χ4n) is 2.30. The van der Waals surface area contributed by atoms with Crippen molar-refractivity contribution in [3.05, 3.63) is 52.1 Å². The van der Waals surface area contributed by atoms with Crippen molar-refractivity contribution in [2.24, 2.45) is 0 Å². The number of hydrogen-bond acceptors (Lipinski definition) is 8. The number of amides is 1. The molecule has 0 atom stereocenters. The van der Waals surface area contributed by atoms with E-state index in [1.165, 1.54) is 17.7 Å². The molecule has 9 nitrogen and oxygen atoms in total. The van der Waals surface area contributed by atoms with E-state index in [4.69, 9.17) is 16.1 Å². The Kier molecular flexibility index (Phi) is 4.65. The van der Waals surface area contributed by atoms with E-state index in [1.54, 1.807) is 31.2 Å². The van der Waals surface area contributed by atoms with Crippen LogP contribution in [0.25, 0.3) is 22.2 Å². The zero-order valence-corrected chi connectivity index (χ0v) is 15.5. The number of aromatic nitrogens is 6. The second-order valence-electron chi connectivity index (χ2n) is 5.47. The topological polar surface area (TPSA) is 122 Å². The molecule has 0 fully saturated rings. The first-order valence-electron chi connectivity index (χ1n) is 7.80. The lowest BCUT2D eigenvalue weighted by Crippen LogP contribution is -2.22. The summed E-state index contributed by atoms with van der Waals surface area (Å²) >= 11 is 7.10. The molecule has 0 saturated carbocycles. The normalized spacial score (nSPS) is 10.9. The standard InChI is InChI=1S/C16H12ClN7O2S/c1-8-12(27-16(21-8)14-19-7-20-23-14)15(25)18-6-11-22-13(24-26-11)9-2-4-10(17)5-3-9/h2-5,7H,6H2,1H3,(H,18,25)(H,19,20,23). The Morgan fingerprint density at radius 3 is 2.85 bits per heavy atom. The third-order valence-electron chi connectivity index (χ3n) is 3.59. The summed E-state index contributed by atoms with van der Waals surface area (Å²) in [5.74, 6) is 0.970. The van der Waals surface area contributed by atoms with Gasteiger partial charge in [-0.3, -0.25) is 9.89 Å². The van der Waals surface area contributed by atoms with Crippen molar-refractivity contribution in [1.82, 2.24) is 35.6 Å². The molecular weight excluding hydrogens is 390 g/mol. The Hall–Kier alpha value is -3.11. The lowest BCUT2D eigenvalue weighted by Gasteiger charge is -1.99. The van der Waals surface area contributed by atoms with Crippen LogP contribution >= 0.6 is 22.9 Å². The number of nitrogens with one attached hydrogen (secondary N) is 2. The summed E-state index contributed by atoms with van der Waals surface area (Å²) in [6.07, 6.45) is 1.39. The van der Waals surface area contributed by atoms with Gasteiger partial charge < -0.3 is 9.84 Å². The maximum atomic E-state index is 12.4. The number of rotatable bonds is 5. The summed E-state index contributed by atoms with van der Waals surface area (Å²) in [6.45, 7) is 1.87. The number of aromatic amines is 1. The Bertz CT molecular complexity index is 1070. The highest BCUT2D eigenvalue weighted by atomic mass is 35.5. The highest BCUT2D eigenvalue weighted by Crippen LogP contribution is 2.25. The lowest BCUT2D eigenvalue weighted by atomic mass is 10.2. The largest absolute Gasteiger partial charge is 0.342 e. The van der Waals surface area contributed by atoms with Crippen LogP contribution in [0.1, 0.15) is 21.3 Å². The van der Waals surface area contributed by atoms with Crippen molar-refractivity contribution in [3.63, 3.8) is 0 Å². The molecule has 0 aliphatic heterocycles. The number of hydrogen-bond donors (Lipinski definition) is 2. The average molecular weight is 402 g/mol. The van der Waals surface area contributed by atoms with E-state index in [9.17, 15) is 4.79 Å². The summed E-state index contributed by atoms with van der Waals surface area (Å²) in [7, 11) is 0. The van der Waals surface area contributed by atoms with Crippen LogP contribution in [0.3, 0.4) is 0 Å². The molecule has 27 heavy (non-hydrogen) atoms. The molecule has 0 bridgehead atoms. The van der Waals surface area contributed by atoms with Crippen LogP contribution in [0.15, 0.2) is 35.1 Å². The maximum absolute atomic E-state index is 12.4. The van der Waals surface area contributed by atoms with Crippen LogP contribution in [0.2, 0.25) is 5.02 Å². The molecule has 0 unspecified atom stereocenters. The van der Waals surface area contributed by atoms with Crippen molar-refractivity contribution in [2.45, 2.75) is 13.5 Å². The van der Waals surface area contributed by atoms with Gasteiger partial charge >= 0.3 is 0 Å². The first-order chi connectivity index (χ1) is 13.1. The number of benzene rings is 1. The van der Waals surface area contributed by atoms with Gasteiger partial charge in [-0.05, 0) is 31.2 Å². The van der Waals surface area contributed by atoms with Crippen LogP contribution in [-0.4, -0.2) is 36.2 Å². The van der Waals surface area contributed by atoms with Crippen LogP contribution in [-0.2, 0) is 6.54 Å². The molecule has 0 aliphatic rings. The third-order valence-corrected chi connectivity index (χ3v) is 5.01. The molecule has 136 valence electrons. The van der Waals surface area contributed by atoms with Crippen molar-refractivity contribution >= 4 is 28.8 Å². The Balaban J connectivity index is 1.43. The van der Waals surface area contributed by atoms with E-state index in [-0.39, 0.29) is 12.5 Å². The fraction of sp³-hybridized carbons (Fsp3) is 0.125. The Morgan fingerprint density at radius 1 is 1.30 bits per heavy atom. The van der Waals surface area contributed by atoms with E-state index in [2.05, 4.69) is 35.6 Å². The molecule has 0 saturated heterocycles. The van der Waals surface area contributed by atoms with Gasteiger partial charge in [-0.1, -0.05) is 16.8 Å². The van der Waals surface area contributed by atoms with Crippen LogP contribution in [0, 0.1) is 6.92 Å². The van der Waals surface area contributed by atoms with E-state index in [1.807, 2.05) is 0 Å². The smallest absolute Gasteiger partial charge is 0.263 e. The van der Waals surface area contributed by atoms with Gasteiger partial charge in [-0.15, -0.1) is 11.3 Å². The second-order valence-corrected chi connectivity index (χ2v) is 6.90. The molecule has 2 N–H and O–H groups in total. The summed E-state index contributed by atoms with van der Waals surface area (Å²) in [6, 6.07) is 7.07. The number of carbonyl (C=O) groups excluding carboxylic acids is 1. The number of nitrogens with zero attached hydrogens (tertiary/aromatic N) is 5. The molecule has 4 rings (SSSR count). The van der Waals surface area contributed by atoms with E-state index in [0.717, 1.165) is 5.56 Å². The van der Waals surface area contributed by atoms with Gasteiger partial charge in [-0.2, -0.15) is 10.1 Å². The van der Waals surface area contributed by atoms with Crippen LogP contribution in [0.5, 0.6) is 0 Å². The predicted octanol–water partition coefficient (Wildman–Crippen LogP) is 2.87. The summed E-state index contributed by atoms with van der Waals surface area (Å²) in [5, 5.41) is 14.4. The summed E-state index contributed by atoms with van der Waals surface area (Å²) in [4.78, 5) is 25.6. The summed E-state index contributed by atoms with van der Waals surface area (Å²) < 4.78 is 5.19. The van der Waals surface area contributed by atoms with Gasteiger partial charge in [0, 0.05) is 10.6 Å².